The minimum atomic E-state index is -5.00. The highest BCUT2D eigenvalue weighted by Gasteiger charge is 2.57. The highest BCUT2D eigenvalue weighted by atomic mass is 32.3. The van der Waals surface area contributed by atoms with Crippen LogP contribution in [-0.4, -0.2) is 81.3 Å². The molecule has 6 N–H and O–H groups in total. The Balaban J connectivity index is 1.40. The summed E-state index contributed by atoms with van der Waals surface area (Å²) in [4.78, 5) is 51.1. The van der Waals surface area contributed by atoms with Crippen LogP contribution in [-0.2, 0) is 40.4 Å². The van der Waals surface area contributed by atoms with E-state index >= 15 is 0 Å². The number of amides is 1. The number of pyridine rings is 2. The van der Waals surface area contributed by atoms with Crippen molar-refractivity contribution in [2.45, 2.75) is 44.9 Å². The molecule has 0 aromatic carbocycles. The van der Waals surface area contributed by atoms with Gasteiger partial charge in [0.1, 0.15) is 30.3 Å². The van der Waals surface area contributed by atoms with Crippen molar-refractivity contribution in [3.63, 3.8) is 0 Å². The lowest BCUT2D eigenvalue weighted by Crippen LogP contribution is -2.68. The van der Waals surface area contributed by atoms with Gasteiger partial charge in [0.2, 0.25) is 5.88 Å². The Labute approximate surface area is 272 Å². The normalized spacial score (nSPS) is 16.7. The number of anilines is 1. The number of aryl methyl sites for hydroxylation is 1. The smallest absolute Gasteiger partial charge is 0.418 e. The van der Waals surface area contributed by atoms with Crippen LogP contribution >= 0.6 is 11.3 Å². The number of thiazole rings is 1. The van der Waals surface area contributed by atoms with Gasteiger partial charge in [0.15, 0.2) is 29.0 Å². The van der Waals surface area contributed by atoms with E-state index in [0.29, 0.717) is 17.4 Å². The molecule has 0 spiro atoms. The summed E-state index contributed by atoms with van der Waals surface area (Å²) in [5.74, 6) is -3.23. The van der Waals surface area contributed by atoms with E-state index in [1.807, 2.05) is 17.0 Å². The second-order valence-electron chi connectivity index (χ2n) is 10.6. The molecule has 0 saturated carbocycles. The molecule has 0 aliphatic carbocycles. The van der Waals surface area contributed by atoms with Crippen LogP contribution in [0.1, 0.15) is 32.4 Å². The maximum atomic E-state index is 13.3. The van der Waals surface area contributed by atoms with Crippen LogP contribution in [0.2, 0.25) is 0 Å². The van der Waals surface area contributed by atoms with Crippen LogP contribution in [0.3, 0.4) is 0 Å². The Kier molecular flexibility index (Phi) is 11.0. The Morgan fingerprint density at radius 3 is 2.49 bits per heavy atom. The highest BCUT2D eigenvalue weighted by Crippen LogP contribution is 2.40. The molecule has 1 amide bonds. The van der Waals surface area contributed by atoms with E-state index in [4.69, 9.17) is 30.3 Å². The number of aliphatic carboxylic acids is 1. The van der Waals surface area contributed by atoms with E-state index in [-0.39, 0.29) is 22.5 Å². The lowest BCUT2D eigenvalue weighted by molar-refractivity contribution is -0.697. The van der Waals surface area contributed by atoms with Crippen molar-refractivity contribution in [1.29, 1.82) is 0 Å². The first-order valence-corrected chi connectivity index (χ1v) is 16.1. The van der Waals surface area contributed by atoms with Gasteiger partial charge in [0.05, 0.1) is 17.7 Å². The summed E-state index contributed by atoms with van der Waals surface area (Å²) in [6, 6.07) is 6.58. The highest BCUT2D eigenvalue weighted by molar-refractivity contribution is 7.80. The zero-order valence-corrected chi connectivity index (χ0v) is 26.7. The minimum absolute atomic E-state index is 0.0400. The van der Waals surface area contributed by atoms with Crippen LogP contribution in [0, 0.1) is 5.92 Å². The summed E-state index contributed by atoms with van der Waals surface area (Å²) >= 11 is 0.974. The molecule has 0 unspecified atom stereocenters. The second-order valence-corrected chi connectivity index (χ2v) is 12.5. The van der Waals surface area contributed by atoms with Crippen molar-refractivity contribution in [3.8, 4) is 17.4 Å². The fourth-order valence-electron chi connectivity index (χ4n) is 4.29. The van der Waals surface area contributed by atoms with Gasteiger partial charge in [-0.05, 0) is 26.5 Å². The number of oxime groups is 1. The van der Waals surface area contributed by atoms with Gasteiger partial charge in [-0.3, -0.25) is 14.1 Å². The molecular weight excluding hydrogens is 662 g/mol. The first-order chi connectivity index (χ1) is 22.2. The first kappa shape index (κ1) is 35.1. The number of carbonyl (C=O) groups is 3. The van der Waals surface area contributed by atoms with Crippen molar-refractivity contribution < 1.29 is 55.6 Å². The minimum Gasteiger partial charge on any atom is -0.487 e. The molecule has 1 aliphatic heterocycles. The number of carbonyl (C=O) groups excluding carboxylic acids is 2. The molecule has 3 aromatic rings. The molecule has 47 heavy (non-hydrogen) atoms. The molecule has 20 heteroatoms. The van der Waals surface area contributed by atoms with Crippen LogP contribution < -0.4 is 25.5 Å². The number of Topliss-reactive ketones (excluding diaryl/α,β-unsaturated/α-hetero) is 1. The molecule has 1 fully saturated rings. The van der Waals surface area contributed by atoms with E-state index in [9.17, 15) is 27.9 Å². The number of rotatable bonds is 17. The van der Waals surface area contributed by atoms with Crippen molar-refractivity contribution in [3.05, 3.63) is 53.9 Å². The van der Waals surface area contributed by atoms with Gasteiger partial charge in [-0.1, -0.05) is 5.16 Å². The zero-order valence-electron chi connectivity index (χ0n) is 25.1. The molecule has 1 saturated heterocycles. The van der Waals surface area contributed by atoms with Crippen LogP contribution in [0.5, 0.6) is 17.4 Å². The molecular formula is C27H32N7O11S2+. The number of carboxylic acids is 1. The number of hydroxylamine groups is 2. The zero-order chi connectivity index (χ0) is 34.4. The van der Waals surface area contributed by atoms with E-state index in [1.54, 1.807) is 12.1 Å². The quantitative estimate of drug-likeness (QED) is 0.0499. The summed E-state index contributed by atoms with van der Waals surface area (Å²) in [7, 11) is -5.00. The van der Waals surface area contributed by atoms with Crippen molar-refractivity contribution in [2.24, 2.45) is 16.8 Å². The number of hydrogen-bond donors (Lipinski definition) is 4. The van der Waals surface area contributed by atoms with Gasteiger partial charge in [-0.2, -0.15) is 13.5 Å². The number of ether oxygens (including phenoxy) is 2. The molecule has 1 aliphatic rings. The van der Waals surface area contributed by atoms with Gasteiger partial charge < -0.3 is 30.9 Å². The van der Waals surface area contributed by atoms with Crippen LogP contribution in [0.25, 0.3) is 0 Å². The molecule has 252 valence electrons. The summed E-state index contributed by atoms with van der Waals surface area (Å²) in [6.07, 6.45) is 3.66. The van der Waals surface area contributed by atoms with Gasteiger partial charge in [0.25, 0.3) is 12.0 Å². The number of nitrogens with two attached hydrogens (primary N) is 2. The molecule has 18 nitrogen and oxygen atoms in total. The Hall–Kier alpha value is -4.76. The molecule has 0 bridgehead atoms. The number of nitrogens with zero attached hydrogens (tertiary/aromatic N) is 5. The Morgan fingerprint density at radius 1 is 1.21 bits per heavy atom. The SMILES string of the molecule is CC1(C)[C@H](CC(=O)/C(=N\O[C@@H](COc2ccc(Oc3cc[n+](CCCN)cc3)nc2)C(=O)O)c2csc(N)n2)C(=O)N1OS(=O)(=O)O. The first-order valence-electron chi connectivity index (χ1n) is 13.9. The lowest BCUT2D eigenvalue weighted by Gasteiger charge is -2.50. The predicted octanol–water partition coefficient (Wildman–Crippen LogP) is 0.732. The van der Waals surface area contributed by atoms with E-state index in [1.165, 1.54) is 37.6 Å². The molecule has 3 aromatic heterocycles. The summed E-state index contributed by atoms with van der Waals surface area (Å²) in [6.45, 7) is 3.65. The molecule has 2 atom stereocenters. The van der Waals surface area contributed by atoms with E-state index < -0.39 is 64.4 Å². The number of carboxylic acid groups (broad SMARTS) is 1. The second kappa shape index (κ2) is 14.8. The van der Waals surface area contributed by atoms with Gasteiger partial charge >= 0.3 is 16.4 Å². The topological polar surface area (TPSA) is 260 Å². The third kappa shape index (κ3) is 9.16. The Bertz CT molecular complexity index is 1730. The fourth-order valence-corrected chi connectivity index (χ4v) is 5.29. The molecule has 0 radical (unpaired) electrons. The summed E-state index contributed by atoms with van der Waals surface area (Å²) in [5, 5.41) is 15.3. The van der Waals surface area contributed by atoms with Crippen LogP contribution in [0.4, 0.5) is 5.13 Å². The largest absolute Gasteiger partial charge is 0.487 e. The van der Waals surface area contributed by atoms with Gasteiger partial charge in [-0.25, -0.2) is 19.3 Å². The lowest BCUT2D eigenvalue weighted by atomic mass is 9.74. The van der Waals surface area contributed by atoms with E-state index in [2.05, 4.69) is 19.4 Å². The fraction of sp³-hybridized carbons (Fsp3) is 0.370. The van der Waals surface area contributed by atoms with E-state index in [0.717, 1.165) is 24.3 Å². The average molecular weight is 695 g/mol. The summed E-state index contributed by atoms with van der Waals surface area (Å²) in [5.41, 5.74) is 9.43. The number of ketones is 1. The maximum Gasteiger partial charge on any atom is 0.418 e. The third-order valence-corrected chi connectivity index (χ3v) is 7.83. The van der Waals surface area contributed by atoms with Crippen molar-refractivity contribution in [2.75, 3.05) is 18.9 Å². The number of hydrogen-bond acceptors (Lipinski definition) is 15. The van der Waals surface area contributed by atoms with Gasteiger partial charge in [-0.15, -0.1) is 15.6 Å². The molecule has 4 rings (SSSR count). The van der Waals surface area contributed by atoms with Crippen molar-refractivity contribution >= 4 is 50.2 Å². The standard InChI is InChI=1S/C27H31N7O11S2/c1-27(2)18(24(36)34(27)45-47(39,40)41)12-20(35)23(19-15-46-26(29)31-19)32-44-21(25(37)38)14-42-17-4-5-22(30-13-17)43-16-6-10-33(11-7-16)9-3-8-28/h4-7,10-11,13,15,18,21H,3,8-9,12,14,28H2,1-2H3,(H3-,29,31,37,38,39,40,41)/p+1/b32-23-/t18-,21+/m1/s1. The average Bonchev–Trinajstić information content (AvgIpc) is 3.45. The van der Waals surface area contributed by atoms with Gasteiger partial charge in [0, 0.05) is 36.4 Å². The Morgan fingerprint density at radius 2 is 1.94 bits per heavy atom. The molecule has 4 heterocycles. The third-order valence-electron chi connectivity index (χ3n) is 6.82. The number of nitrogen functional groups attached to an aromatic ring is 1. The van der Waals surface area contributed by atoms with Crippen molar-refractivity contribution in [1.82, 2.24) is 15.0 Å². The maximum absolute atomic E-state index is 13.3. The summed E-state index contributed by atoms with van der Waals surface area (Å²) < 4.78 is 48.7. The van der Waals surface area contributed by atoms with Crippen LogP contribution in [0.15, 0.2) is 53.4 Å². The number of β-lactam (4-membered cyclic amide) rings is 1. The monoisotopic (exact) mass is 694 g/mol. The predicted molar refractivity (Wildman–Crippen MR) is 162 cm³/mol. The number of aromatic nitrogens is 3.